The number of nitro groups is 1. The Labute approximate surface area is 226 Å². The van der Waals surface area contributed by atoms with Crippen molar-refractivity contribution in [3.05, 3.63) is 76.0 Å². The van der Waals surface area contributed by atoms with Gasteiger partial charge in [0.15, 0.2) is 5.60 Å². The van der Waals surface area contributed by atoms with Gasteiger partial charge >= 0.3 is 18.2 Å². The summed E-state index contributed by atoms with van der Waals surface area (Å²) >= 11 is 0. The van der Waals surface area contributed by atoms with Crippen molar-refractivity contribution < 1.29 is 37.1 Å². The van der Waals surface area contributed by atoms with Gasteiger partial charge in [0.1, 0.15) is 24.3 Å². The lowest BCUT2D eigenvalue weighted by atomic mass is 10.1. The lowest BCUT2D eigenvalue weighted by Gasteiger charge is -2.34. The van der Waals surface area contributed by atoms with Crippen molar-refractivity contribution in [2.24, 2.45) is 0 Å². The largest absolute Gasteiger partial charge is 0.573 e. The molecule has 0 N–H and O–H groups in total. The minimum absolute atomic E-state index is 0.0991. The second kappa shape index (κ2) is 10.7. The molecule has 2 aromatic carbocycles. The summed E-state index contributed by atoms with van der Waals surface area (Å²) < 4.78 is 54.1. The zero-order chi connectivity index (χ0) is 28.5. The summed E-state index contributed by atoms with van der Waals surface area (Å²) in [7, 11) is 0. The van der Waals surface area contributed by atoms with Crippen molar-refractivity contribution in [2.75, 3.05) is 32.8 Å². The highest BCUT2D eigenvalue weighted by Crippen LogP contribution is 2.31. The Bertz CT molecular complexity index is 1350. The number of hydrogen-bond donors (Lipinski definition) is 0. The summed E-state index contributed by atoms with van der Waals surface area (Å²) in [6.45, 7) is 5.22. The Hall–Kier alpha value is -4.33. The predicted octanol–water partition coefficient (Wildman–Crippen LogP) is 3.88. The normalized spacial score (nSPS) is 19.1. The summed E-state index contributed by atoms with van der Waals surface area (Å²) in [6, 6.07) is 12.8. The summed E-state index contributed by atoms with van der Waals surface area (Å²) in [5.74, 6) is -0.0794. The topological polar surface area (TPSA) is 112 Å². The van der Waals surface area contributed by atoms with E-state index in [1.54, 1.807) is 45.9 Å². The van der Waals surface area contributed by atoms with Crippen molar-refractivity contribution >= 4 is 11.7 Å². The fourth-order valence-electron chi connectivity index (χ4n) is 4.63. The number of benzene rings is 2. The molecule has 1 unspecified atom stereocenters. The standard InChI is InChI=1S/C26H26F3N5O6/c1-25(16-33-15-22(34(36)37)30-24(33)40-25)17-38-20-8-4-19(5-9-20)23(35)32-12-10-31(11-13-32)14-18-2-6-21(7-3-18)39-26(27,28)29/h2-9,15H,10-14,16-17H2,1H3. The Morgan fingerprint density at radius 3 is 2.33 bits per heavy atom. The first-order chi connectivity index (χ1) is 19.0. The van der Waals surface area contributed by atoms with Crippen LogP contribution in [0, 0.1) is 10.1 Å². The quantitative estimate of drug-likeness (QED) is 0.301. The number of rotatable bonds is 8. The van der Waals surface area contributed by atoms with Gasteiger partial charge in [0, 0.05) is 43.3 Å². The SMILES string of the molecule is CC1(COc2ccc(C(=O)N3CCN(Cc4ccc(OC(F)(F)F)cc4)CC3)cc2)Cn2cc([N+](=O)[O-])nc2O1. The van der Waals surface area contributed by atoms with E-state index in [-0.39, 0.29) is 30.1 Å². The number of aromatic nitrogens is 2. The number of ether oxygens (including phenoxy) is 3. The minimum atomic E-state index is -4.72. The van der Waals surface area contributed by atoms with Crippen LogP contribution in [-0.2, 0) is 13.1 Å². The smallest absolute Gasteiger partial charge is 0.489 e. The van der Waals surface area contributed by atoms with Gasteiger partial charge in [0.05, 0.1) is 6.54 Å². The molecule has 0 aliphatic carbocycles. The molecule has 2 aliphatic heterocycles. The van der Waals surface area contributed by atoms with E-state index in [0.717, 1.165) is 5.56 Å². The van der Waals surface area contributed by atoms with Crippen molar-refractivity contribution in [1.29, 1.82) is 0 Å². The molecule has 1 saturated heterocycles. The zero-order valence-corrected chi connectivity index (χ0v) is 21.5. The average Bonchev–Trinajstić information content (AvgIpc) is 3.44. The highest BCUT2D eigenvalue weighted by atomic mass is 19.4. The first-order valence-corrected chi connectivity index (χ1v) is 12.5. The van der Waals surface area contributed by atoms with Crippen LogP contribution in [0.25, 0.3) is 0 Å². The zero-order valence-electron chi connectivity index (χ0n) is 21.5. The van der Waals surface area contributed by atoms with E-state index in [1.165, 1.54) is 18.3 Å². The van der Waals surface area contributed by atoms with E-state index in [4.69, 9.17) is 9.47 Å². The Balaban J connectivity index is 1.07. The Kier molecular flexibility index (Phi) is 7.27. The molecule has 14 heteroatoms. The first-order valence-electron chi connectivity index (χ1n) is 12.5. The molecule has 1 fully saturated rings. The average molecular weight is 562 g/mol. The highest BCUT2D eigenvalue weighted by Gasteiger charge is 2.41. The van der Waals surface area contributed by atoms with Crippen LogP contribution in [-0.4, -0.2) is 74.9 Å². The number of hydrogen-bond acceptors (Lipinski definition) is 8. The van der Waals surface area contributed by atoms with Gasteiger partial charge in [0.25, 0.3) is 5.91 Å². The van der Waals surface area contributed by atoms with Gasteiger partial charge in [-0.2, -0.15) is 0 Å². The molecule has 0 spiro atoms. The summed E-state index contributed by atoms with van der Waals surface area (Å²) in [5, 5.41) is 10.9. The van der Waals surface area contributed by atoms with Crippen LogP contribution in [0.4, 0.5) is 19.0 Å². The van der Waals surface area contributed by atoms with Gasteiger partial charge in [-0.1, -0.05) is 12.1 Å². The minimum Gasteiger partial charge on any atom is -0.489 e. The molecule has 3 heterocycles. The highest BCUT2D eigenvalue weighted by molar-refractivity contribution is 5.94. The maximum absolute atomic E-state index is 13.0. The molecular weight excluding hydrogens is 535 g/mol. The van der Waals surface area contributed by atoms with Crippen molar-refractivity contribution in [3.8, 4) is 17.5 Å². The first kappa shape index (κ1) is 27.2. The van der Waals surface area contributed by atoms with Crippen LogP contribution in [0.3, 0.4) is 0 Å². The Morgan fingerprint density at radius 2 is 1.73 bits per heavy atom. The molecule has 5 rings (SSSR count). The molecule has 3 aromatic rings. The maximum atomic E-state index is 13.0. The molecule has 0 bridgehead atoms. The van der Waals surface area contributed by atoms with Crippen LogP contribution in [0.15, 0.2) is 54.7 Å². The monoisotopic (exact) mass is 561 g/mol. The van der Waals surface area contributed by atoms with Gasteiger partial charge < -0.3 is 29.2 Å². The predicted molar refractivity (Wildman–Crippen MR) is 134 cm³/mol. The number of nitrogens with zero attached hydrogens (tertiary/aromatic N) is 5. The number of carbonyl (C=O) groups is 1. The second-order valence-electron chi connectivity index (χ2n) is 9.89. The Morgan fingerprint density at radius 1 is 1.07 bits per heavy atom. The molecule has 0 saturated carbocycles. The fraction of sp³-hybridized carbons (Fsp3) is 0.385. The lowest BCUT2D eigenvalue weighted by molar-refractivity contribution is -0.389. The number of fused-ring (bicyclic) bond motifs is 1. The molecule has 1 atom stereocenters. The fourth-order valence-corrected chi connectivity index (χ4v) is 4.63. The van der Waals surface area contributed by atoms with Crippen molar-refractivity contribution in [3.63, 3.8) is 0 Å². The van der Waals surface area contributed by atoms with E-state index < -0.39 is 16.9 Å². The van der Waals surface area contributed by atoms with E-state index in [9.17, 15) is 28.1 Å². The molecule has 0 radical (unpaired) electrons. The molecule has 212 valence electrons. The van der Waals surface area contributed by atoms with Crippen LogP contribution < -0.4 is 14.2 Å². The number of carbonyl (C=O) groups excluding carboxylic acids is 1. The molecular formula is C26H26F3N5O6. The number of imidazole rings is 1. The van der Waals surface area contributed by atoms with Gasteiger partial charge in [-0.25, -0.2) is 0 Å². The van der Waals surface area contributed by atoms with Crippen molar-refractivity contribution in [2.45, 2.75) is 32.0 Å². The molecule has 40 heavy (non-hydrogen) atoms. The number of alkyl halides is 3. The molecule has 2 aliphatic rings. The van der Waals surface area contributed by atoms with E-state index >= 15 is 0 Å². The van der Waals surface area contributed by atoms with Crippen LogP contribution >= 0.6 is 0 Å². The second-order valence-corrected chi connectivity index (χ2v) is 9.89. The number of amides is 1. The summed E-state index contributed by atoms with van der Waals surface area (Å²) in [4.78, 5) is 31.1. The molecule has 1 aromatic heterocycles. The maximum Gasteiger partial charge on any atom is 0.573 e. The summed E-state index contributed by atoms with van der Waals surface area (Å²) in [6.07, 6.45) is -3.39. The van der Waals surface area contributed by atoms with Gasteiger partial charge in [0.2, 0.25) is 0 Å². The molecule has 1 amide bonds. The third-order valence-electron chi connectivity index (χ3n) is 6.62. The van der Waals surface area contributed by atoms with Gasteiger partial charge in [-0.3, -0.25) is 14.3 Å². The molecule has 11 nitrogen and oxygen atoms in total. The van der Waals surface area contributed by atoms with E-state index in [0.29, 0.717) is 50.6 Å². The summed E-state index contributed by atoms with van der Waals surface area (Å²) in [5.41, 5.74) is 0.634. The van der Waals surface area contributed by atoms with Gasteiger partial charge in [-0.05, 0) is 53.8 Å². The van der Waals surface area contributed by atoms with E-state index in [2.05, 4.69) is 14.6 Å². The lowest BCUT2D eigenvalue weighted by Crippen LogP contribution is -2.48. The third kappa shape index (κ3) is 6.45. The van der Waals surface area contributed by atoms with Crippen molar-refractivity contribution in [1.82, 2.24) is 19.4 Å². The van der Waals surface area contributed by atoms with Crippen LogP contribution in [0.1, 0.15) is 22.8 Å². The van der Waals surface area contributed by atoms with Crippen LogP contribution in [0.5, 0.6) is 17.5 Å². The van der Waals surface area contributed by atoms with Gasteiger partial charge in [-0.15, -0.1) is 13.2 Å². The van der Waals surface area contributed by atoms with Crippen LogP contribution in [0.2, 0.25) is 0 Å². The number of piperazine rings is 1. The number of halogens is 3. The van der Waals surface area contributed by atoms with E-state index in [1.807, 2.05) is 6.92 Å². The third-order valence-corrected chi connectivity index (χ3v) is 6.62.